The first-order chi connectivity index (χ1) is 9.76. The summed E-state index contributed by atoms with van der Waals surface area (Å²) in [7, 11) is 0. The Morgan fingerprint density at radius 3 is 2.80 bits per heavy atom. The number of nitriles is 1. The molecular weight excluding hydrogens is 272 g/mol. The largest absolute Gasteiger partial charge is 0.459 e. The normalized spacial score (nSPS) is 10.4. The van der Waals surface area contributed by atoms with Crippen molar-refractivity contribution in [1.82, 2.24) is 0 Å². The van der Waals surface area contributed by atoms with Crippen LogP contribution in [-0.2, 0) is 6.54 Å². The maximum Gasteiger partial charge on any atom is 0.134 e. The molecule has 3 rings (SSSR count). The molecule has 0 atom stereocenters. The van der Waals surface area contributed by atoms with E-state index in [1.807, 2.05) is 30.3 Å². The molecule has 98 valence electrons. The summed E-state index contributed by atoms with van der Waals surface area (Å²) in [5.41, 5.74) is 2.16. The van der Waals surface area contributed by atoms with Crippen molar-refractivity contribution in [2.75, 3.05) is 5.32 Å². The number of fused-ring (bicyclic) bond motifs is 1. The van der Waals surface area contributed by atoms with Gasteiger partial charge in [-0.2, -0.15) is 5.26 Å². The van der Waals surface area contributed by atoms with E-state index in [2.05, 4.69) is 11.4 Å². The van der Waals surface area contributed by atoms with Crippen LogP contribution in [0.4, 0.5) is 5.69 Å². The number of nitrogens with one attached hydrogen (secondary N) is 1. The monoisotopic (exact) mass is 282 g/mol. The van der Waals surface area contributed by atoms with Gasteiger partial charge in [0.05, 0.1) is 28.9 Å². The van der Waals surface area contributed by atoms with Crippen LogP contribution in [0, 0.1) is 11.3 Å². The molecule has 0 bridgehead atoms. The molecule has 0 aliphatic carbocycles. The summed E-state index contributed by atoms with van der Waals surface area (Å²) in [6.07, 6.45) is 0. The van der Waals surface area contributed by atoms with Crippen molar-refractivity contribution in [3.8, 4) is 6.07 Å². The van der Waals surface area contributed by atoms with Gasteiger partial charge < -0.3 is 9.73 Å². The molecule has 0 saturated carbocycles. The molecule has 2 aromatic carbocycles. The Hall–Kier alpha value is -2.44. The Labute approximate surface area is 121 Å². The fourth-order valence-corrected chi connectivity index (χ4v) is 2.22. The number of hydrogen-bond acceptors (Lipinski definition) is 3. The Kier molecular flexibility index (Phi) is 3.32. The molecule has 0 spiro atoms. The third kappa shape index (κ3) is 2.47. The lowest BCUT2D eigenvalue weighted by molar-refractivity contribution is 0.559. The van der Waals surface area contributed by atoms with E-state index in [9.17, 15) is 0 Å². The van der Waals surface area contributed by atoms with Crippen molar-refractivity contribution >= 4 is 28.3 Å². The van der Waals surface area contributed by atoms with Crippen LogP contribution in [0.2, 0.25) is 5.02 Å². The molecule has 0 amide bonds. The van der Waals surface area contributed by atoms with E-state index in [0.717, 1.165) is 22.4 Å². The number of halogens is 1. The minimum atomic E-state index is 0.517. The van der Waals surface area contributed by atoms with Gasteiger partial charge in [-0.25, -0.2) is 0 Å². The van der Waals surface area contributed by atoms with Gasteiger partial charge in [0.2, 0.25) is 0 Å². The molecule has 0 aliphatic rings. The highest BCUT2D eigenvalue weighted by atomic mass is 35.5. The van der Waals surface area contributed by atoms with Crippen molar-refractivity contribution in [2.45, 2.75) is 6.54 Å². The summed E-state index contributed by atoms with van der Waals surface area (Å²) in [4.78, 5) is 0. The molecule has 3 aromatic rings. The van der Waals surface area contributed by atoms with Crippen molar-refractivity contribution < 1.29 is 4.42 Å². The fourth-order valence-electron chi connectivity index (χ4n) is 2.04. The summed E-state index contributed by atoms with van der Waals surface area (Å²) >= 11 is 6.10. The van der Waals surface area contributed by atoms with Crippen LogP contribution in [0.15, 0.2) is 52.9 Å². The van der Waals surface area contributed by atoms with Gasteiger partial charge in [0.15, 0.2) is 0 Å². The van der Waals surface area contributed by atoms with Crippen molar-refractivity contribution in [3.63, 3.8) is 0 Å². The number of benzene rings is 2. The van der Waals surface area contributed by atoms with Gasteiger partial charge in [-0.15, -0.1) is 0 Å². The van der Waals surface area contributed by atoms with E-state index in [4.69, 9.17) is 21.3 Å². The summed E-state index contributed by atoms with van der Waals surface area (Å²) in [5.74, 6) is 0.824. The first kappa shape index (κ1) is 12.6. The minimum absolute atomic E-state index is 0.517. The number of rotatable bonds is 3. The summed E-state index contributed by atoms with van der Waals surface area (Å²) in [6, 6.07) is 17.1. The average Bonchev–Trinajstić information content (AvgIpc) is 2.89. The van der Waals surface area contributed by atoms with Crippen LogP contribution in [0.1, 0.15) is 11.3 Å². The van der Waals surface area contributed by atoms with E-state index in [-0.39, 0.29) is 0 Å². The second-order valence-corrected chi connectivity index (χ2v) is 4.82. The number of nitrogens with zero attached hydrogens (tertiary/aromatic N) is 1. The topological polar surface area (TPSA) is 49.0 Å². The Balaban J connectivity index is 1.81. The second-order valence-electron chi connectivity index (χ2n) is 4.41. The SMILES string of the molecule is N#Cc1ccc(Cl)c(NCc2cc3ccccc3o2)c1. The fraction of sp³-hybridized carbons (Fsp3) is 0.0625. The van der Waals surface area contributed by atoms with E-state index >= 15 is 0 Å². The number of anilines is 1. The van der Waals surface area contributed by atoms with Gasteiger partial charge in [-0.05, 0) is 30.3 Å². The molecule has 0 unspecified atom stereocenters. The Morgan fingerprint density at radius 1 is 1.15 bits per heavy atom. The Morgan fingerprint density at radius 2 is 2.00 bits per heavy atom. The first-order valence-electron chi connectivity index (χ1n) is 6.17. The molecule has 4 heteroatoms. The molecule has 0 aliphatic heterocycles. The van der Waals surface area contributed by atoms with E-state index in [1.165, 1.54) is 0 Å². The van der Waals surface area contributed by atoms with Crippen LogP contribution in [0.25, 0.3) is 11.0 Å². The van der Waals surface area contributed by atoms with E-state index in [1.54, 1.807) is 18.2 Å². The maximum absolute atomic E-state index is 8.89. The molecule has 1 aromatic heterocycles. The van der Waals surface area contributed by atoms with Crippen LogP contribution < -0.4 is 5.32 Å². The number of furan rings is 1. The predicted octanol–water partition coefficient (Wildman–Crippen LogP) is 4.57. The van der Waals surface area contributed by atoms with Crippen LogP contribution in [0.3, 0.4) is 0 Å². The molecule has 20 heavy (non-hydrogen) atoms. The van der Waals surface area contributed by atoms with Gasteiger partial charge in [0.25, 0.3) is 0 Å². The molecule has 0 radical (unpaired) electrons. The predicted molar refractivity (Wildman–Crippen MR) is 79.7 cm³/mol. The van der Waals surface area contributed by atoms with E-state index < -0.39 is 0 Å². The summed E-state index contributed by atoms with van der Waals surface area (Å²) < 4.78 is 5.72. The molecule has 1 N–H and O–H groups in total. The lowest BCUT2D eigenvalue weighted by Gasteiger charge is -2.06. The second kappa shape index (κ2) is 5.28. The maximum atomic E-state index is 8.89. The van der Waals surface area contributed by atoms with Crippen molar-refractivity contribution in [3.05, 3.63) is 64.9 Å². The molecule has 1 heterocycles. The van der Waals surface area contributed by atoms with E-state index in [0.29, 0.717) is 17.1 Å². The number of hydrogen-bond donors (Lipinski definition) is 1. The molecule has 0 fully saturated rings. The van der Waals surface area contributed by atoms with Crippen LogP contribution in [-0.4, -0.2) is 0 Å². The standard InChI is InChI=1S/C16H11ClN2O/c17-14-6-5-11(9-18)7-15(14)19-10-13-8-12-3-1-2-4-16(12)20-13/h1-8,19H,10H2. The summed E-state index contributed by atoms with van der Waals surface area (Å²) in [5, 5.41) is 13.7. The highest BCUT2D eigenvalue weighted by Gasteiger charge is 2.05. The van der Waals surface area contributed by atoms with Crippen molar-refractivity contribution in [1.29, 1.82) is 5.26 Å². The lowest BCUT2D eigenvalue weighted by Crippen LogP contribution is -1.99. The molecular formula is C16H11ClN2O. The van der Waals surface area contributed by atoms with Crippen molar-refractivity contribution in [2.24, 2.45) is 0 Å². The van der Waals surface area contributed by atoms with Gasteiger partial charge in [-0.1, -0.05) is 29.8 Å². The quantitative estimate of drug-likeness (QED) is 0.765. The zero-order valence-electron chi connectivity index (χ0n) is 10.6. The first-order valence-corrected chi connectivity index (χ1v) is 6.55. The highest BCUT2D eigenvalue weighted by Crippen LogP contribution is 2.25. The third-order valence-corrected chi connectivity index (χ3v) is 3.35. The van der Waals surface area contributed by atoms with Gasteiger partial charge in [0, 0.05) is 5.39 Å². The smallest absolute Gasteiger partial charge is 0.134 e. The highest BCUT2D eigenvalue weighted by molar-refractivity contribution is 6.33. The number of para-hydroxylation sites is 1. The molecule has 3 nitrogen and oxygen atoms in total. The van der Waals surface area contributed by atoms with Crippen LogP contribution >= 0.6 is 11.6 Å². The zero-order valence-corrected chi connectivity index (χ0v) is 11.3. The minimum Gasteiger partial charge on any atom is -0.459 e. The van der Waals surface area contributed by atoms with Gasteiger partial charge >= 0.3 is 0 Å². The zero-order chi connectivity index (χ0) is 13.9. The summed E-state index contributed by atoms with van der Waals surface area (Å²) in [6.45, 7) is 0.517. The lowest BCUT2D eigenvalue weighted by atomic mass is 10.2. The van der Waals surface area contributed by atoms with Crippen LogP contribution in [0.5, 0.6) is 0 Å². The Bertz CT molecular complexity index is 769. The third-order valence-electron chi connectivity index (χ3n) is 3.03. The average molecular weight is 283 g/mol. The van der Waals surface area contributed by atoms with Gasteiger partial charge in [0.1, 0.15) is 11.3 Å². The van der Waals surface area contributed by atoms with Gasteiger partial charge in [-0.3, -0.25) is 0 Å². The molecule has 0 saturated heterocycles.